The summed E-state index contributed by atoms with van der Waals surface area (Å²) >= 11 is 0. The Morgan fingerprint density at radius 3 is 2.79 bits per heavy atom. The summed E-state index contributed by atoms with van der Waals surface area (Å²) < 4.78 is 0. The lowest BCUT2D eigenvalue weighted by Gasteiger charge is -2.18. The molecule has 2 aliphatic carbocycles. The van der Waals surface area contributed by atoms with E-state index in [9.17, 15) is 4.79 Å². The minimum absolute atomic E-state index is 0.0650. The smallest absolute Gasteiger partial charge is 0.237 e. The molecule has 0 saturated heterocycles. The molecule has 0 bridgehead atoms. The topological polar surface area (TPSA) is 41.1 Å². The van der Waals surface area contributed by atoms with Gasteiger partial charge < -0.3 is 10.6 Å². The second-order valence-electron chi connectivity index (χ2n) is 6.02. The molecular weight excluding hydrogens is 236 g/mol. The van der Waals surface area contributed by atoms with Crippen molar-refractivity contribution >= 4 is 5.91 Å². The second-order valence-corrected chi connectivity index (χ2v) is 6.02. The van der Waals surface area contributed by atoms with Gasteiger partial charge in [-0.3, -0.25) is 4.79 Å². The van der Waals surface area contributed by atoms with E-state index in [0.717, 1.165) is 25.8 Å². The lowest BCUT2D eigenvalue weighted by molar-refractivity contribution is -0.123. The molecular formula is C16H28N2O. The van der Waals surface area contributed by atoms with Crippen LogP contribution >= 0.6 is 0 Å². The lowest BCUT2D eigenvalue weighted by Crippen LogP contribution is -2.45. The van der Waals surface area contributed by atoms with Gasteiger partial charge in [0.2, 0.25) is 5.91 Å². The summed E-state index contributed by atoms with van der Waals surface area (Å²) in [6.45, 7) is 2.89. The van der Waals surface area contributed by atoms with Crippen molar-refractivity contribution in [2.24, 2.45) is 0 Å². The Labute approximate surface area is 117 Å². The zero-order valence-electron chi connectivity index (χ0n) is 12.2. The maximum Gasteiger partial charge on any atom is 0.237 e. The number of rotatable bonds is 6. The Bertz CT molecular complexity index is 319. The average Bonchev–Trinajstić information content (AvgIpc) is 2.92. The fraction of sp³-hybridized carbons (Fsp3) is 0.812. The van der Waals surface area contributed by atoms with Crippen molar-refractivity contribution in [3.63, 3.8) is 0 Å². The van der Waals surface area contributed by atoms with E-state index in [4.69, 9.17) is 0 Å². The number of hydrogen-bond donors (Lipinski definition) is 2. The third kappa shape index (κ3) is 4.98. The summed E-state index contributed by atoms with van der Waals surface area (Å²) in [5, 5.41) is 6.50. The van der Waals surface area contributed by atoms with E-state index >= 15 is 0 Å². The Morgan fingerprint density at radius 1 is 1.32 bits per heavy atom. The van der Waals surface area contributed by atoms with Crippen molar-refractivity contribution in [3.05, 3.63) is 11.6 Å². The molecule has 0 radical (unpaired) electrons. The number of nitrogens with one attached hydrogen (secondary N) is 2. The first-order valence-corrected chi connectivity index (χ1v) is 7.97. The molecule has 1 atom stereocenters. The van der Waals surface area contributed by atoms with Crippen molar-refractivity contribution in [1.82, 2.24) is 10.6 Å². The molecule has 0 heterocycles. The molecule has 1 amide bonds. The normalized spacial score (nSPS) is 22.1. The minimum atomic E-state index is -0.0650. The predicted molar refractivity (Wildman–Crippen MR) is 79.0 cm³/mol. The van der Waals surface area contributed by atoms with Crippen LogP contribution in [-0.2, 0) is 4.79 Å². The molecule has 108 valence electrons. The maximum atomic E-state index is 12.0. The monoisotopic (exact) mass is 264 g/mol. The van der Waals surface area contributed by atoms with Crippen molar-refractivity contribution in [2.75, 3.05) is 6.54 Å². The van der Waals surface area contributed by atoms with Gasteiger partial charge in [-0.15, -0.1) is 0 Å². The van der Waals surface area contributed by atoms with Gasteiger partial charge in [0.15, 0.2) is 0 Å². The van der Waals surface area contributed by atoms with E-state index in [-0.39, 0.29) is 11.9 Å². The molecule has 3 nitrogen and oxygen atoms in total. The molecule has 0 aromatic rings. The quantitative estimate of drug-likeness (QED) is 0.724. The molecule has 2 rings (SSSR count). The zero-order valence-corrected chi connectivity index (χ0v) is 12.2. The molecule has 2 N–H and O–H groups in total. The minimum Gasteiger partial charge on any atom is -0.352 e. The Hall–Kier alpha value is -0.830. The molecule has 0 aromatic carbocycles. The summed E-state index contributed by atoms with van der Waals surface area (Å²) in [6, 6.07) is 0.364. The van der Waals surface area contributed by atoms with Crippen LogP contribution in [0.2, 0.25) is 0 Å². The fourth-order valence-corrected chi connectivity index (χ4v) is 3.07. The van der Waals surface area contributed by atoms with E-state index in [2.05, 4.69) is 16.7 Å². The molecule has 1 fully saturated rings. The first-order chi connectivity index (χ1) is 9.25. The summed E-state index contributed by atoms with van der Waals surface area (Å²) in [6.07, 6.45) is 13.5. The van der Waals surface area contributed by atoms with Crippen LogP contribution in [0.25, 0.3) is 0 Å². The Kier molecular flexibility index (Phi) is 5.90. The average molecular weight is 264 g/mol. The second kappa shape index (κ2) is 7.68. The van der Waals surface area contributed by atoms with Crippen LogP contribution in [0, 0.1) is 0 Å². The van der Waals surface area contributed by atoms with Crippen molar-refractivity contribution in [2.45, 2.75) is 76.8 Å². The van der Waals surface area contributed by atoms with Gasteiger partial charge >= 0.3 is 0 Å². The number of carbonyl (C=O) groups excluding carboxylic acids is 1. The molecule has 0 aliphatic heterocycles. The third-order valence-corrected chi connectivity index (χ3v) is 4.38. The lowest BCUT2D eigenvalue weighted by atomic mass is 9.97. The standard InChI is InChI=1S/C16H28N2O/c1-13(16(19)18-15-9-5-6-10-15)17-12-11-14-7-3-2-4-8-14/h7,13,15,17H,2-6,8-12H2,1H3,(H,18,19)/t13-/m0/s1. The molecule has 0 aromatic heterocycles. The summed E-state index contributed by atoms with van der Waals surface area (Å²) in [5.74, 6) is 0.171. The Balaban J connectivity index is 1.61. The van der Waals surface area contributed by atoms with Gasteiger partial charge in [0, 0.05) is 6.04 Å². The van der Waals surface area contributed by atoms with Gasteiger partial charge in [-0.2, -0.15) is 0 Å². The highest BCUT2D eigenvalue weighted by atomic mass is 16.2. The van der Waals surface area contributed by atoms with Crippen molar-refractivity contribution in [1.29, 1.82) is 0 Å². The van der Waals surface area contributed by atoms with Gasteiger partial charge in [-0.1, -0.05) is 24.5 Å². The van der Waals surface area contributed by atoms with Crippen LogP contribution < -0.4 is 10.6 Å². The van der Waals surface area contributed by atoms with Crippen molar-refractivity contribution in [3.8, 4) is 0 Å². The number of carbonyl (C=O) groups is 1. The largest absolute Gasteiger partial charge is 0.352 e. The highest BCUT2D eigenvalue weighted by molar-refractivity contribution is 5.81. The van der Waals surface area contributed by atoms with Crippen LogP contribution in [0.15, 0.2) is 11.6 Å². The fourth-order valence-electron chi connectivity index (χ4n) is 3.07. The predicted octanol–water partition coefficient (Wildman–Crippen LogP) is 2.91. The molecule has 3 heteroatoms. The summed E-state index contributed by atoms with van der Waals surface area (Å²) in [4.78, 5) is 12.0. The van der Waals surface area contributed by atoms with Crippen LogP contribution in [0.1, 0.15) is 64.7 Å². The highest BCUT2D eigenvalue weighted by Crippen LogP contribution is 2.19. The molecule has 0 unspecified atom stereocenters. The number of allylic oxidation sites excluding steroid dienone is 1. The van der Waals surface area contributed by atoms with Crippen LogP contribution in [0.3, 0.4) is 0 Å². The van der Waals surface area contributed by atoms with Gasteiger partial charge in [0.25, 0.3) is 0 Å². The van der Waals surface area contributed by atoms with Crippen LogP contribution in [0.5, 0.6) is 0 Å². The van der Waals surface area contributed by atoms with Crippen LogP contribution in [0.4, 0.5) is 0 Å². The molecule has 0 spiro atoms. The maximum absolute atomic E-state index is 12.0. The van der Waals surface area contributed by atoms with Gasteiger partial charge in [-0.25, -0.2) is 0 Å². The van der Waals surface area contributed by atoms with Gasteiger partial charge in [0.1, 0.15) is 0 Å². The first-order valence-electron chi connectivity index (χ1n) is 7.97. The zero-order chi connectivity index (χ0) is 13.5. The van der Waals surface area contributed by atoms with E-state index in [0.29, 0.717) is 6.04 Å². The van der Waals surface area contributed by atoms with Crippen LogP contribution in [-0.4, -0.2) is 24.5 Å². The summed E-state index contributed by atoms with van der Waals surface area (Å²) in [7, 11) is 0. The molecule has 19 heavy (non-hydrogen) atoms. The third-order valence-electron chi connectivity index (χ3n) is 4.38. The SMILES string of the molecule is C[C@H](NCCC1=CCCCC1)C(=O)NC1CCCC1. The van der Waals surface area contributed by atoms with E-state index in [1.165, 1.54) is 38.5 Å². The molecule has 1 saturated carbocycles. The van der Waals surface area contributed by atoms with Gasteiger partial charge in [-0.05, 0) is 58.4 Å². The van der Waals surface area contributed by atoms with Gasteiger partial charge in [0.05, 0.1) is 6.04 Å². The number of hydrogen-bond acceptors (Lipinski definition) is 2. The molecule has 2 aliphatic rings. The number of amides is 1. The highest BCUT2D eigenvalue weighted by Gasteiger charge is 2.20. The van der Waals surface area contributed by atoms with E-state index in [1.807, 2.05) is 6.92 Å². The van der Waals surface area contributed by atoms with E-state index < -0.39 is 0 Å². The Morgan fingerprint density at radius 2 is 2.11 bits per heavy atom. The summed E-state index contributed by atoms with van der Waals surface area (Å²) in [5.41, 5.74) is 1.57. The van der Waals surface area contributed by atoms with Crippen molar-refractivity contribution < 1.29 is 4.79 Å². The first kappa shape index (κ1) is 14.6. The van der Waals surface area contributed by atoms with E-state index in [1.54, 1.807) is 5.57 Å².